The quantitative estimate of drug-likeness (QED) is 0.523. The van der Waals surface area contributed by atoms with Crippen molar-refractivity contribution >= 4 is 28.5 Å². The molecule has 10 heteroatoms. The molecule has 0 saturated carbocycles. The van der Waals surface area contributed by atoms with E-state index in [9.17, 15) is 4.79 Å². The first-order chi connectivity index (χ1) is 16.6. The van der Waals surface area contributed by atoms with Gasteiger partial charge in [0.05, 0.1) is 18.3 Å². The zero-order valence-electron chi connectivity index (χ0n) is 21.0. The summed E-state index contributed by atoms with van der Waals surface area (Å²) in [5, 5.41) is 5.55. The van der Waals surface area contributed by atoms with E-state index in [4.69, 9.17) is 4.74 Å². The second-order valence-electron chi connectivity index (χ2n) is 10.3. The van der Waals surface area contributed by atoms with E-state index in [1.54, 1.807) is 15.8 Å². The molecule has 2 aliphatic heterocycles. The second-order valence-corrected chi connectivity index (χ2v) is 10.3. The number of carbonyl (C=O) groups is 1. The molecule has 0 aliphatic carbocycles. The largest absolute Gasteiger partial charge is 0.444 e. The summed E-state index contributed by atoms with van der Waals surface area (Å²) >= 11 is 0. The number of ether oxygens (including phenoxy) is 1. The van der Waals surface area contributed by atoms with Gasteiger partial charge in [0.25, 0.3) is 0 Å². The van der Waals surface area contributed by atoms with Crippen LogP contribution in [0, 0.1) is 13.8 Å². The molecule has 1 aromatic carbocycles. The number of hydrogen-bond acceptors (Lipinski definition) is 7. The SMILES string of the molecule is Cc1nc(N2CCC2)cc(-n2ncc3cc(C)c(N4CCN(C(=O)OC(C)(C)C)CC4F)cc32)n1. The molecule has 1 atom stereocenters. The van der Waals surface area contributed by atoms with Gasteiger partial charge >= 0.3 is 6.09 Å². The van der Waals surface area contributed by atoms with Gasteiger partial charge in [-0.2, -0.15) is 5.10 Å². The maximum Gasteiger partial charge on any atom is 0.410 e. The molecule has 3 aromatic rings. The topological polar surface area (TPSA) is 79.6 Å². The van der Waals surface area contributed by atoms with Gasteiger partial charge in [0.2, 0.25) is 0 Å². The van der Waals surface area contributed by atoms with Crippen molar-refractivity contribution in [3.05, 3.63) is 35.8 Å². The summed E-state index contributed by atoms with van der Waals surface area (Å²) < 4.78 is 22.6. The molecular weight excluding hydrogens is 449 g/mol. The van der Waals surface area contributed by atoms with Gasteiger partial charge in [-0.1, -0.05) is 0 Å². The molecule has 2 aliphatic rings. The summed E-state index contributed by atoms with van der Waals surface area (Å²) in [6.45, 7) is 12.0. The van der Waals surface area contributed by atoms with Crippen LogP contribution in [0.4, 0.5) is 20.7 Å². The van der Waals surface area contributed by atoms with E-state index in [0.717, 1.165) is 47.5 Å². The summed E-state index contributed by atoms with van der Waals surface area (Å²) in [6.07, 6.45) is 1.14. The molecule has 5 rings (SSSR count). The number of alkyl halides is 1. The van der Waals surface area contributed by atoms with Crippen LogP contribution in [0.1, 0.15) is 38.6 Å². The number of aromatic nitrogens is 4. The lowest BCUT2D eigenvalue weighted by atomic mass is 10.1. The minimum absolute atomic E-state index is 0.0457. The van der Waals surface area contributed by atoms with Crippen LogP contribution in [-0.4, -0.2) is 75.4 Å². The number of anilines is 2. The first kappa shape index (κ1) is 23.3. The van der Waals surface area contributed by atoms with E-state index in [0.29, 0.717) is 24.7 Å². The highest BCUT2D eigenvalue weighted by atomic mass is 19.1. The Labute approximate surface area is 204 Å². The number of carbonyl (C=O) groups excluding carboxylic acids is 1. The summed E-state index contributed by atoms with van der Waals surface area (Å²) in [5.74, 6) is 2.27. The zero-order chi connectivity index (χ0) is 24.9. The van der Waals surface area contributed by atoms with E-state index in [2.05, 4.69) is 20.0 Å². The molecule has 186 valence electrons. The molecule has 4 heterocycles. The van der Waals surface area contributed by atoms with Gasteiger partial charge in [0, 0.05) is 43.3 Å². The van der Waals surface area contributed by atoms with Crippen LogP contribution in [0.5, 0.6) is 0 Å². The molecule has 0 bridgehead atoms. The Hall–Kier alpha value is -3.43. The minimum atomic E-state index is -1.34. The summed E-state index contributed by atoms with van der Waals surface area (Å²) in [7, 11) is 0. The Balaban J connectivity index is 1.44. The number of halogens is 1. The van der Waals surface area contributed by atoms with Crippen molar-refractivity contribution in [3.8, 4) is 5.82 Å². The molecule has 1 unspecified atom stereocenters. The lowest BCUT2D eigenvalue weighted by Crippen LogP contribution is -2.54. The lowest BCUT2D eigenvalue weighted by molar-refractivity contribution is 0.0161. The van der Waals surface area contributed by atoms with Gasteiger partial charge in [-0.05, 0) is 58.7 Å². The zero-order valence-corrected chi connectivity index (χ0v) is 21.0. The number of hydrogen-bond donors (Lipinski definition) is 0. The van der Waals surface area contributed by atoms with E-state index in [1.807, 2.05) is 52.8 Å². The average Bonchev–Trinajstić information content (AvgIpc) is 3.13. The fourth-order valence-corrected chi connectivity index (χ4v) is 4.53. The van der Waals surface area contributed by atoms with Crippen molar-refractivity contribution in [1.29, 1.82) is 0 Å². The highest BCUT2D eigenvalue weighted by molar-refractivity contribution is 5.86. The Bertz CT molecular complexity index is 1260. The Morgan fingerprint density at radius 1 is 1.06 bits per heavy atom. The predicted octanol–water partition coefficient (Wildman–Crippen LogP) is 4.00. The second kappa shape index (κ2) is 8.66. The Morgan fingerprint density at radius 3 is 2.46 bits per heavy atom. The van der Waals surface area contributed by atoms with Crippen LogP contribution in [0.3, 0.4) is 0 Å². The third kappa shape index (κ3) is 4.61. The number of nitrogens with zero attached hydrogens (tertiary/aromatic N) is 7. The fraction of sp³-hybridized carbons (Fsp3) is 0.520. The van der Waals surface area contributed by atoms with Crippen LogP contribution < -0.4 is 9.80 Å². The third-order valence-electron chi connectivity index (χ3n) is 6.37. The number of rotatable bonds is 3. The molecule has 35 heavy (non-hydrogen) atoms. The first-order valence-electron chi connectivity index (χ1n) is 12.1. The normalized spacial score (nSPS) is 18.7. The number of fused-ring (bicyclic) bond motifs is 1. The molecule has 0 N–H and O–H groups in total. The average molecular weight is 482 g/mol. The Kier molecular flexibility index (Phi) is 5.77. The maximum absolute atomic E-state index is 15.4. The predicted molar refractivity (Wildman–Crippen MR) is 133 cm³/mol. The van der Waals surface area contributed by atoms with Crippen molar-refractivity contribution < 1.29 is 13.9 Å². The van der Waals surface area contributed by atoms with Gasteiger partial charge in [0.15, 0.2) is 12.1 Å². The summed E-state index contributed by atoms with van der Waals surface area (Å²) in [5.41, 5.74) is 1.96. The Morgan fingerprint density at radius 2 is 1.80 bits per heavy atom. The van der Waals surface area contributed by atoms with Crippen LogP contribution in [-0.2, 0) is 4.74 Å². The number of amides is 1. The molecule has 1 amide bonds. The van der Waals surface area contributed by atoms with E-state index in [-0.39, 0.29) is 6.54 Å². The lowest BCUT2D eigenvalue weighted by Gasteiger charge is -2.39. The van der Waals surface area contributed by atoms with Gasteiger partial charge in [-0.3, -0.25) is 0 Å². The molecule has 2 aromatic heterocycles. The fourth-order valence-electron chi connectivity index (χ4n) is 4.53. The number of aryl methyl sites for hydroxylation is 2. The summed E-state index contributed by atoms with van der Waals surface area (Å²) in [4.78, 5) is 27.0. The van der Waals surface area contributed by atoms with Gasteiger partial charge in [-0.25, -0.2) is 23.8 Å². The number of benzene rings is 1. The van der Waals surface area contributed by atoms with Crippen molar-refractivity contribution in [2.45, 2.75) is 52.9 Å². The van der Waals surface area contributed by atoms with E-state index < -0.39 is 18.0 Å². The van der Waals surface area contributed by atoms with Gasteiger partial charge < -0.3 is 19.4 Å². The van der Waals surface area contributed by atoms with Crippen LogP contribution in [0.25, 0.3) is 16.7 Å². The van der Waals surface area contributed by atoms with Crippen molar-refractivity contribution in [2.75, 3.05) is 42.5 Å². The summed E-state index contributed by atoms with van der Waals surface area (Å²) in [6, 6.07) is 5.94. The smallest absolute Gasteiger partial charge is 0.410 e. The minimum Gasteiger partial charge on any atom is -0.444 e. The van der Waals surface area contributed by atoms with Crippen molar-refractivity contribution in [3.63, 3.8) is 0 Å². The first-order valence-corrected chi connectivity index (χ1v) is 12.1. The highest BCUT2D eigenvalue weighted by Gasteiger charge is 2.33. The van der Waals surface area contributed by atoms with Crippen LogP contribution in [0.15, 0.2) is 24.4 Å². The molecule has 2 fully saturated rings. The maximum atomic E-state index is 15.4. The van der Waals surface area contributed by atoms with Gasteiger partial charge in [0.1, 0.15) is 17.2 Å². The van der Waals surface area contributed by atoms with E-state index in [1.165, 1.54) is 4.90 Å². The van der Waals surface area contributed by atoms with Gasteiger partial charge in [-0.15, -0.1) is 0 Å². The van der Waals surface area contributed by atoms with Crippen LogP contribution in [0.2, 0.25) is 0 Å². The number of piperazine rings is 1. The van der Waals surface area contributed by atoms with Crippen molar-refractivity contribution in [1.82, 2.24) is 24.6 Å². The molecule has 9 nitrogen and oxygen atoms in total. The van der Waals surface area contributed by atoms with Crippen LogP contribution >= 0.6 is 0 Å². The molecular formula is C25H32FN7O2. The standard InChI is InChI=1S/C25H32FN7O2/c1-16-11-18-14-27-33(23-13-22(28-17(2)29-23)30-7-6-8-30)20(18)12-19(16)32-10-9-31(15-21(32)26)24(34)35-25(3,4)5/h11-14,21H,6-10,15H2,1-5H3. The molecule has 0 spiro atoms. The monoisotopic (exact) mass is 481 g/mol. The highest BCUT2D eigenvalue weighted by Crippen LogP contribution is 2.31. The molecule has 0 radical (unpaired) electrons. The molecule has 2 saturated heterocycles. The third-order valence-corrected chi connectivity index (χ3v) is 6.37. The van der Waals surface area contributed by atoms with Crippen molar-refractivity contribution in [2.24, 2.45) is 0 Å². The van der Waals surface area contributed by atoms with E-state index >= 15 is 4.39 Å².